The van der Waals surface area contributed by atoms with Crippen LogP contribution in [0.2, 0.25) is 0 Å². The van der Waals surface area contributed by atoms with Gasteiger partial charge in [-0.1, -0.05) is 50.6 Å². The second-order valence-corrected chi connectivity index (χ2v) is 7.40. The third-order valence-electron chi connectivity index (χ3n) is 5.38. The van der Waals surface area contributed by atoms with E-state index in [0.717, 1.165) is 26.2 Å². The summed E-state index contributed by atoms with van der Waals surface area (Å²) in [6, 6.07) is 13.3. The summed E-state index contributed by atoms with van der Waals surface area (Å²) in [5.41, 5.74) is 7.16. The van der Waals surface area contributed by atoms with Gasteiger partial charge in [0, 0.05) is 0 Å². The van der Waals surface area contributed by atoms with Crippen molar-refractivity contribution in [3.05, 3.63) is 99.7 Å². The maximum absolute atomic E-state index is 3.91. The number of hydrogen-bond donors (Lipinski definition) is 0. The van der Waals surface area contributed by atoms with Gasteiger partial charge in [-0.25, -0.2) is 18.3 Å². The number of allylic oxidation sites excluding steroid dienone is 4. The highest BCUT2D eigenvalue weighted by Crippen LogP contribution is 2.26. The Morgan fingerprint density at radius 1 is 0.633 bits per heavy atom. The molecule has 0 amide bonds. The molecule has 0 fully saturated rings. The van der Waals surface area contributed by atoms with E-state index >= 15 is 0 Å². The van der Waals surface area contributed by atoms with Crippen molar-refractivity contribution in [2.45, 2.75) is 26.2 Å². The number of rotatable bonds is 9. The summed E-state index contributed by atoms with van der Waals surface area (Å²) in [5, 5.41) is 0. The minimum atomic E-state index is 0.771. The Labute approximate surface area is 177 Å². The van der Waals surface area contributed by atoms with Crippen LogP contribution < -0.4 is 9.13 Å². The van der Waals surface area contributed by atoms with Crippen LogP contribution in [0.25, 0.3) is 33.2 Å². The van der Waals surface area contributed by atoms with Crippen LogP contribution in [0.4, 0.5) is 0 Å². The lowest BCUT2D eigenvalue weighted by atomic mass is 10.0. The van der Waals surface area contributed by atoms with Crippen molar-refractivity contribution in [1.29, 1.82) is 0 Å². The highest BCUT2D eigenvalue weighted by molar-refractivity contribution is 5.84. The fraction of sp³-hybridized carbons (Fsp3) is 0.154. The van der Waals surface area contributed by atoms with Gasteiger partial charge >= 0.3 is 0 Å². The van der Waals surface area contributed by atoms with Gasteiger partial charge in [0.1, 0.15) is 26.2 Å². The minimum absolute atomic E-state index is 0.771. The normalized spacial score (nSPS) is 11.1. The summed E-state index contributed by atoms with van der Waals surface area (Å²) in [6.07, 6.45) is 12.0. The summed E-state index contributed by atoms with van der Waals surface area (Å²) in [7, 11) is 0. The molecule has 0 saturated carbocycles. The molecule has 2 aromatic carbocycles. The van der Waals surface area contributed by atoms with Gasteiger partial charge < -0.3 is 0 Å². The number of benzene rings is 2. The van der Waals surface area contributed by atoms with Crippen LogP contribution >= 0.6 is 0 Å². The fourth-order valence-corrected chi connectivity index (χ4v) is 4.08. The third-order valence-corrected chi connectivity index (χ3v) is 5.38. The van der Waals surface area contributed by atoms with E-state index in [2.05, 4.69) is 93.6 Å². The zero-order valence-electron chi connectivity index (χ0n) is 17.4. The summed E-state index contributed by atoms with van der Waals surface area (Å²) in [5.74, 6) is 0. The highest BCUT2D eigenvalue weighted by Gasteiger charge is 2.18. The number of fused-ring (bicyclic) bond motifs is 2. The third kappa shape index (κ3) is 3.41. The van der Waals surface area contributed by atoms with Gasteiger partial charge in [-0.2, -0.15) is 0 Å². The van der Waals surface area contributed by atoms with Crippen LogP contribution in [0.5, 0.6) is 0 Å². The molecule has 4 nitrogen and oxygen atoms in total. The van der Waals surface area contributed by atoms with Crippen molar-refractivity contribution in [2.24, 2.45) is 0 Å². The summed E-state index contributed by atoms with van der Waals surface area (Å²) < 4.78 is 8.89. The molecule has 4 rings (SSSR count). The monoisotopic (exact) mass is 396 g/mol. The second-order valence-electron chi connectivity index (χ2n) is 7.40. The van der Waals surface area contributed by atoms with E-state index in [0.29, 0.717) is 0 Å². The molecular weight excluding hydrogens is 368 g/mol. The first kappa shape index (κ1) is 19.6. The fourth-order valence-electron chi connectivity index (χ4n) is 4.08. The van der Waals surface area contributed by atoms with Crippen LogP contribution in [-0.4, -0.2) is 9.13 Å². The first-order valence-corrected chi connectivity index (χ1v) is 10.2. The lowest BCUT2D eigenvalue weighted by Crippen LogP contribution is -2.30. The van der Waals surface area contributed by atoms with Gasteiger partial charge in [-0.3, -0.25) is 0 Å². The van der Waals surface area contributed by atoms with Crippen LogP contribution in [0.1, 0.15) is 0 Å². The predicted molar refractivity (Wildman–Crippen MR) is 124 cm³/mol. The van der Waals surface area contributed by atoms with Gasteiger partial charge in [0.25, 0.3) is 0 Å². The van der Waals surface area contributed by atoms with Crippen LogP contribution in [-0.2, 0) is 26.2 Å². The van der Waals surface area contributed by atoms with Crippen molar-refractivity contribution >= 4 is 22.1 Å². The molecule has 0 saturated heterocycles. The SMILES string of the molecule is C=CCn1c[n+](CC=C)c2ccc(-c3ccc4c(c3)n(CC=C)c[n+]4CC=C)cc21. The van der Waals surface area contributed by atoms with E-state index < -0.39 is 0 Å². The summed E-state index contributed by atoms with van der Waals surface area (Å²) in [6.45, 7) is 18.7. The molecule has 2 heterocycles. The van der Waals surface area contributed by atoms with E-state index in [4.69, 9.17) is 0 Å². The highest BCUT2D eigenvalue weighted by atomic mass is 15.1. The van der Waals surface area contributed by atoms with Gasteiger partial charge in [-0.05, 0) is 47.5 Å². The number of imidazole rings is 2. The molecule has 0 aliphatic heterocycles. The van der Waals surface area contributed by atoms with Gasteiger partial charge in [0.15, 0.2) is 22.1 Å². The van der Waals surface area contributed by atoms with Crippen molar-refractivity contribution in [3.8, 4) is 11.1 Å². The van der Waals surface area contributed by atoms with Crippen molar-refractivity contribution < 1.29 is 9.13 Å². The molecule has 0 N–H and O–H groups in total. The summed E-state index contributed by atoms with van der Waals surface area (Å²) in [4.78, 5) is 0. The Hall–Kier alpha value is -3.66. The lowest BCUT2D eigenvalue weighted by Gasteiger charge is -2.03. The van der Waals surface area contributed by atoms with E-state index in [1.54, 1.807) is 0 Å². The first-order chi connectivity index (χ1) is 14.7. The van der Waals surface area contributed by atoms with Crippen LogP contribution in [0, 0.1) is 0 Å². The van der Waals surface area contributed by atoms with E-state index in [1.807, 2.05) is 24.3 Å². The zero-order chi connectivity index (χ0) is 21.1. The van der Waals surface area contributed by atoms with Crippen molar-refractivity contribution in [3.63, 3.8) is 0 Å². The molecule has 4 aromatic rings. The molecule has 0 aliphatic rings. The van der Waals surface area contributed by atoms with Crippen molar-refractivity contribution in [1.82, 2.24) is 9.13 Å². The standard InChI is InChI=1S/C26H28N4/c1-5-13-27-19-29(15-7-3)25-17-21(9-11-23(25)27)22-10-12-24-26(18-22)30(16-8-4)20-28(24)14-6-2/h5-12,17-20H,1-4,13-16H2/q+2. The smallest absolute Gasteiger partial charge is 0.226 e. The van der Waals surface area contributed by atoms with Gasteiger partial charge in [-0.15, -0.1) is 0 Å². The molecule has 30 heavy (non-hydrogen) atoms. The van der Waals surface area contributed by atoms with E-state index in [9.17, 15) is 0 Å². The quantitative estimate of drug-likeness (QED) is 0.291. The molecular formula is C26H28N4+2. The average Bonchev–Trinajstić information content (AvgIpc) is 3.27. The lowest BCUT2D eigenvalue weighted by molar-refractivity contribution is -0.661. The second kappa shape index (κ2) is 8.37. The topological polar surface area (TPSA) is 17.6 Å². The molecule has 0 radical (unpaired) electrons. The van der Waals surface area contributed by atoms with E-state index in [1.165, 1.54) is 33.2 Å². The zero-order valence-corrected chi connectivity index (χ0v) is 17.4. The van der Waals surface area contributed by atoms with Crippen LogP contribution in [0.15, 0.2) is 99.7 Å². The number of aromatic nitrogens is 4. The maximum atomic E-state index is 3.91. The van der Waals surface area contributed by atoms with Gasteiger partial charge in [0.2, 0.25) is 12.7 Å². The van der Waals surface area contributed by atoms with Gasteiger partial charge in [0.05, 0.1) is 0 Å². The van der Waals surface area contributed by atoms with Crippen LogP contribution in [0.3, 0.4) is 0 Å². The summed E-state index contributed by atoms with van der Waals surface area (Å²) >= 11 is 0. The maximum Gasteiger partial charge on any atom is 0.245 e. The molecule has 0 aliphatic carbocycles. The molecule has 0 bridgehead atoms. The predicted octanol–water partition coefficient (Wildman–Crippen LogP) is 4.58. The number of nitrogens with zero attached hydrogens (tertiary/aromatic N) is 4. The molecule has 0 atom stereocenters. The Morgan fingerprint density at radius 2 is 1.07 bits per heavy atom. The van der Waals surface area contributed by atoms with E-state index in [-0.39, 0.29) is 0 Å². The molecule has 2 aromatic heterocycles. The molecule has 150 valence electrons. The minimum Gasteiger partial charge on any atom is -0.226 e. The Kier molecular flexibility index (Phi) is 5.48. The number of hydrogen-bond acceptors (Lipinski definition) is 0. The Balaban J connectivity index is 1.86. The largest absolute Gasteiger partial charge is 0.245 e. The Bertz CT molecular complexity index is 1170. The first-order valence-electron chi connectivity index (χ1n) is 10.2. The average molecular weight is 397 g/mol. The molecule has 4 heteroatoms. The molecule has 0 unspecified atom stereocenters. The Morgan fingerprint density at radius 3 is 1.43 bits per heavy atom. The molecule has 0 spiro atoms. The van der Waals surface area contributed by atoms with Crippen molar-refractivity contribution in [2.75, 3.05) is 0 Å².